The van der Waals surface area contributed by atoms with Gasteiger partial charge in [0.1, 0.15) is 18.1 Å². The van der Waals surface area contributed by atoms with Crippen LogP contribution in [0.2, 0.25) is 0 Å². The number of hydrogen-bond donors (Lipinski definition) is 3. The van der Waals surface area contributed by atoms with E-state index in [2.05, 4.69) is 36.6 Å². The quantitative estimate of drug-likeness (QED) is 0.176. The van der Waals surface area contributed by atoms with Crippen LogP contribution in [-0.4, -0.2) is 72.1 Å². The number of rotatable bonds is 11. The molecule has 210 valence electrons. The van der Waals surface area contributed by atoms with Crippen LogP contribution >= 0.6 is 0 Å². The second kappa shape index (κ2) is 11.5. The Kier molecular flexibility index (Phi) is 7.90. The smallest absolute Gasteiger partial charge is 0.227 e. The molecule has 0 fully saturated rings. The molecule has 2 aromatic carbocycles. The molecular formula is C30H36FN7O2. The largest absolute Gasteiger partial charge is 0.494 e. The van der Waals surface area contributed by atoms with Crippen molar-refractivity contribution in [3.8, 4) is 17.0 Å². The fourth-order valence-corrected chi connectivity index (χ4v) is 5.17. The minimum Gasteiger partial charge on any atom is -0.494 e. The normalized spacial score (nSPS) is 15.2. The zero-order chi connectivity index (χ0) is 28.4. The average molecular weight is 546 g/mol. The fourth-order valence-electron chi connectivity index (χ4n) is 5.17. The number of anilines is 4. The first-order valence-corrected chi connectivity index (χ1v) is 13.3. The molecule has 0 spiro atoms. The Morgan fingerprint density at radius 1 is 1.20 bits per heavy atom. The van der Waals surface area contributed by atoms with Crippen molar-refractivity contribution in [2.75, 3.05) is 56.9 Å². The summed E-state index contributed by atoms with van der Waals surface area (Å²) in [5, 5.41) is 17.6. The van der Waals surface area contributed by atoms with Crippen molar-refractivity contribution >= 4 is 33.9 Å². The van der Waals surface area contributed by atoms with E-state index >= 15 is 4.39 Å². The standard InChI is InChI=1S/C30H36FN7O2/c1-6-27(39)33-22-17-23(26(40-5)18-25(22)37(4)16-15-36(2)3)35-30-32-13-11-21(34-30)28-19-9-7-8-10-24(19)38-14-12-20(31)29(28)38/h6-11,13,17-18,20,27,33,39H,1,12,14-16H2,2-5H3,(H,32,34,35). The minimum absolute atomic E-state index is 0.345. The van der Waals surface area contributed by atoms with E-state index in [1.807, 2.05) is 63.6 Å². The van der Waals surface area contributed by atoms with E-state index in [4.69, 9.17) is 9.72 Å². The fraction of sp³-hybridized carbons (Fsp3) is 0.333. The summed E-state index contributed by atoms with van der Waals surface area (Å²) in [5.74, 6) is 0.926. The van der Waals surface area contributed by atoms with E-state index in [0.29, 0.717) is 47.4 Å². The summed E-state index contributed by atoms with van der Waals surface area (Å²) in [7, 11) is 7.64. The van der Waals surface area contributed by atoms with Gasteiger partial charge in [-0.05, 0) is 38.4 Å². The highest BCUT2D eigenvalue weighted by molar-refractivity contribution is 5.98. The molecule has 0 amide bonds. The number of aromatic nitrogens is 3. The Morgan fingerprint density at radius 3 is 2.75 bits per heavy atom. The summed E-state index contributed by atoms with van der Waals surface area (Å²) in [4.78, 5) is 13.4. The molecule has 10 heteroatoms. The van der Waals surface area contributed by atoms with Crippen molar-refractivity contribution in [3.05, 3.63) is 67.0 Å². The molecule has 40 heavy (non-hydrogen) atoms. The van der Waals surface area contributed by atoms with Crippen LogP contribution in [0, 0.1) is 0 Å². The average Bonchev–Trinajstić information content (AvgIpc) is 3.49. The van der Waals surface area contributed by atoms with E-state index in [0.717, 1.165) is 35.2 Å². The van der Waals surface area contributed by atoms with E-state index in [1.54, 1.807) is 13.3 Å². The van der Waals surface area contributed by atoms with E-state index < -0.39 is 12.4 Å². The first-order valence-electron chi connectivity index (χ1n) is 13.3. The van der Waals surface area contributed by atoms with Crippen LogP contribution in [0.5, 0.6) is 5.75 Å². The molecule has 9 nitrogen and oxygen atoms in total. The molecular weight excluding hydrogens is 509 g/mol. The molecule has 2 aromatic heterocycles. The predicted molar refractivity (Wildman–Crippen MR) is 159 cm³/mol. The maximum absolute atomic E-state index is 15.1. The molecule has 3 N–H and O–H groups in total. The molecule has 1 aliphatic rings. The van der Waals surface area contributed by atoms with E-state index in [1.165, 1.54) is 6.08 Å². The molecule has 1 aliphatic heterocycles. The van der Waals surface area contributed by atoms with Crippen LogP contribution in [0.25, 0.3) is 22.2 Å². The number of nitrogens with one attached hydrogen (secondary N) is 2. The third-order valence-electron chi connectivity index (χ3n) is 7.21. The van der Waals surface area contributed by atoms with Crippen molar-refractivity contribution in [3.63, 3.8) is 0 Å². The second-order valence-electron chi connectivity index (χ2n) is 10.2. The predicted octanol–water partition coefficient (Wildman–Crippen LogP) is 5.18. The Labute approximate surface area is 233 Å². The minimum atomic E-state index is -1.05. The molecule has 0 radical (unpaired) electrons. The van der Waals surface area contributed by atoms with Crippen LogP contribution in [-0.2, 0) is 6.54 Å². The van der Waals surface area contributed by atoms with Crippen molar-refractivity contribution in [2.24, 2.45) is 0 Å². The van der Waals surface area contributed by atoms with Gasteiger partial charge in [-0.2, -0.15) is 0 Å². The highest BCUT2D eigenvalue weighted by Crippen LogP contribution is 2.44. The summed E-state index contributed by atoms with van der Waals surface area (Å²) in [6, 6.07) is 13.5. The highest BCUT2D eigenvalue weighted by atomic mass is 19.1. The van der Waals surface area contributed by atoms with Crippen LogP contribution in [0.4, 0.5) is 27.4 Å². The zero-order valence-corrected chi connectivity index (χ0v) is 23.4. The number of aliphatic hydroxyl groups excluding tert-OH is 1. The van der Waals surface area contributed by atoms with Gasteiger partial charge in [-0.15, -0.1) is 0 Å². The Bertz CT molecular complexity index is 1520. The van der Waals surface area contributed by atoms with E-state index in [9.17, 15) is 5.11 Å². The number of halogens is 1. The van der Waals surface area contributed by atoms with E-state index in [-0.39, 0.29) is 0 Å². The molecule has 4 aromatic rings. The highest BCUT2D eigenvalue weighted by Gasteiger charge is 2.30. The molecule has 0 saturated heterocycles. The van der Waals surface area contributed by atoms with Crippen molar-refractivity contribution < 1.29 is 14.2 Å². The molecule has 0 aliphatic carbocycles. The number of para-hydroxylation sites is 1. The van der Waals surface area contributed by atoms with Crippen LogP contribution in [0.1, 0.15) is 18.3 Å². The zero-order valence-electron chi connectivity index (χ0n) is 23.4. The number of nitrogens with zero attached hydrogens (tertiary/aromatic N) is 5. The third kappa shape index (κ3) is 5.32. The number of aryl methyl sites for hydroxylation is 1. The SMILES string of the molecule is C=CC(O)Nc1cc(Nc2nccc(-c3c4n(c5ccccc35)CCC4F)n2)c(OC)cc1N(C)CCN(C)C. The number of likely N-dealkylation sites (N-methyl/N-ethyl adjacent to an activating group) is 2. The number of hydrogen-bond acceptors (Lipinski definition) is 8. The monoisotopic (exact) mass is 545 g/mol. The van der Waals surface area contributed by atoms with Gasteiger partial charge in [0.2, 0.25) is 5.95 Å². The van der Waals surface area contributed by atoms with Crippen molar-refractivity contribution in [1.82, 2.24) is 19.4 Å². The number of fused-ring (bicyclic) bond motifs is 3. The lowest BCUT2D eigenvalue weighted by atomic mass is 10.0. The van der Waals surface area contributed by atoms with Crippen LogP contribution in [0.15, 0.2) is 61.3 Å². The van der Waals surface area contributed by atoms with Gasteiger partial charge >= 0.3 is 0 Å². The van der Waals surface area contributed by atoms with Crippen molar-refractivity contribution in [1.29, 1.82) is 0 Å². The lowest BCUT2D eigenvalue weighted by molar-refractivity contribution is 0.253. The van der Waals surface area contributed by atoms with Crippen molar-refractivity contribution in [2.45, 2.75) is 25.4 Å². The van der Waals surface area contributed by atoms with Gasteiger partial charge in [-0.25, -0.2) is 14.4 Å². The van der Waals surface area contributed by atoms with Gasteiger partial charge in [0.25, 0.3) is 0 Å². The molecule has 0 saturated carbocycles. The second-order valence-corrected chi connectivity index (χ2v) is 10.2. The molecule has 2 unspecified atom stereocenters. The van der Waals surface area contributed by atoms with Crippen LogP contribution in [0.3, 0.4) is 0 Å². The topological polar surface area (TPSA) is 90.7 Å². The van der Waals surface area contributed by atoms with Gasteiger partial charge in [0.05, 0.1) is 35.6 Å². The van der Waals surface area contributed by atoms with Gasteiger partial charge in [0.15, 0.2) is 0 Å². The number of ether oxygens (including phenoxy) is 1. The van der Waals surface area contributed by atoms with Gasteiger partial charge in [-0.1, -0.05) is 24.8 Å². The molecule has 3 heterocycles. The summed E-state index contributed by atoms with van der Waals surface area (Å²) >= 11 is 0. The first kappa shape index (κ1) is 27.4. The Hall–Kier alpha value is -4.15. The maximum atomic E-state index is 15.1. The summed E-state index contributed by atoms with van der Waals surface area (Å²) in [6.07, 6.45) is 1.56. The van der Waals surface area contributed by atoms with Gasteiger partial charge < -0.3 is 34.8 Å². The van der Waals surface area contributed by atoms with Crippen LogP contribution < -0.4 is 20.3 Å². The van der Waals surface area contributed by atoms with Gasteiger partial charge in [-0.3, -0.25) is 0 Å². The number of benzene rings is 2. The third-order valence-corrected chi connectivity index (χ3v) is 7.21. The Morgan fingerprint density at radius 2 is 2.00 bits per heavy atom. The number of methoxy groups -OCH3 is 1. The maximum Gasteiger partial charge on any atom is 0.227 e. The first-order chi connectivity index (χ1) is 19.3. The lowest BCUT2D eigenvalue weighted by Crippen LogP contribution is -2.29. The molecule has 5 rings (SSSR count). The summed E-state index contributed by atoms with van der Waals surface area (Å²) in [5.41, 5.74) is 5.26. The summed E-state index contributed by atoms with van der Waals surface area (Å²) in [6.45, 7) is 5.93. The number of alkyl halides is 1. The van der Waals surface area contributed by atoms with Gasteiger partial charge in [0, 0.05) is 61.8 Å². The molecule has 2 atom stereocenters. The summed E-state index contributed by atoms with van der Waals surface area (Å²) < 4.78 is 22.9. The molecule has 0 bridgehead atoms. The Balaban J connectivity index is 1.53. The number of aliphatic hydroxyl groups is 1. The lowest BCUT2D eigenvalue weighted by Gasteiger charge is -2.27.